The predicted molar refractivity (Wildman–Crippen MR) is 60.6 cm³/mol. The fourth-order valence-corrected chi connectivity index (χ4v) is 2.06. The molecule has 2 unspecified atom stereocenters. The maximum absolute atomic E-state index is 6.06. The molecule has 0 bridgehead atoms. The molecular formula is C11H18N4. The maximum atomic E-state index is 6.06. The largest absolute Gasteiger partial charge is 0.366 e. The minimum atomic E-state index is 0.258. The van der Waals surface area contributed by atoms with E-state index in [0.717, 1.165) is 24.4 Å². The molecule has 1 aliphatic carbocycles. The van der Waals surface area contributed by atoms with Gasteiger partial charge in [-0.1, -0.05) is 12.8 Å². The molecule has 1 aromatic rings. The molecule has 1 aromatic heterocycles. The molecule has 4 nitrogen and oxygen atoms in total. The van der Waals surface area contributed by atoms with E-state index in [0.29, 0.717) is 6.04 Å². The first kappa shape index (κ1) is 10.4. The van der Waals surface area contributed by atoms with E-state index < -0.39 is 0 Å². The number of rotatable bonds is 2. The van der Waals surface area contributed by atoms with Crippen LogP contribution in [-0.2, 0) is 0 Å². The van der Waals surface area contributed by atoms with E-state index in [4.69, 9.17) is 5.73 Å². The van der Waals surface area contributed by atoms with E-state index in [2.05, 4.69) is 15.3 Å². The van der Waals surface area contributed by atoms with Gasteiger partial charge in [-0.25, -0.2) is 9.97 Å². The third-order valence-electron chi connectivity index (χ3n) is 2.96. The molecular weight excluding hydrogens is 188 g/mol. The standard InChI is InChI=1S/C11H18N4/c1-8-6-11(14-7-13-8)15-10-5-3-2-4-9(10)12/h6-7,9-10H,2-5,12H2,1H3,(H,13,14,15). The lowest BCUT2D eigenvalue weighted by Crippen LogP contribution is -2.42. The van der Waals surface area contributed by atoms with Gasteiger partial charge in [-0.3, -0.25) is 0 Å². The number of anilines is 1. The van der Waals surface area contributed by atoms with Gasteiger partial charge in [-0.2, -0.15) is 0 Å². The maximum Gasteiger partial charge on any atom is 0.129 e. The lowest BCUT2D eigenvalue weighted by atomic mass is 9.91. The number of hydrogen-bond donors (Lipinski definition) is 2. The third-order valence-corrected chi connectivity index (χ3v) is 2.96. The van der Waals surface area contributed by atoms with Crippen LogP contribution in [0.2, 0.25) is 0 Å². The monoisotopic (exact) mass is 206 g/mol. The van der Waals surface area contributed by atoms with E-state index >= 15 is 0 Å². The van der Waals surface area contributed by atoms with Crippen molar-refractivity contribution in [3.05, 3.63) is 18.1 Å². The minimum Gasteiger partial charge on any atom is -0.366 e. The van der Waals surface area contributed by atoms with Crippen LogP contribution in [0.3, 0.4) is 0 Å². The summed E-state index contributed by atoms with van der Waals surface area (Å²) in [5.74, 6) is 0.893. The van der Waals surface area contributed by atoms with E-state index in [-0.39, 0.29) is 6.04 Å². The van der Waals surface area contributed by atoms with E-state index in [1.54, 1.807) is 6.33 Å². The fraction of sp³-hybridized carbons (Fsp3) is 0.636. The summed E-state index contributed by atoms with van der Waals surface area (Å²) < 4.78 is 0. The smallest absolute Gasteiger partial charge is 0.129 e. The van der Waals surface area contributed by atoms with Gasteiger partial charge in [0.05, 0.1) is 0 Å². The zero-order valence-electron chi connectivity index (χ0n) is 9.11. The SMILES string of the molecule is Cc1cc(NC2CCCCC2N)ncn1. The van der Waals surface area contributed by atoms with E-state index in [9.17, 15) is 0 Å². The van der Waals surface area contributed by atoms with Crippen molar-refractivity contribution in [3.8, 4) is 0 Å². The van der Waals surface area contributed by atoms with Gasteiger partial charge in [0.2, 0.25) is 0 Å². The molecule has 1 heterocycles. The number of nitrogens with two attached hydrogens (primary N) is 1. The van der Waals surface area contributed by atoms with Crippen molar-refractivity contribution in [2.45, 2.75) is 44.7 Å². The first-order valence-electron chi connectivity index (χ1n) is 5.56. The summed E-state index contributed by atoms with van der Waals surface area (Å²) in [7, 11) is 0. The second-order valence-corrected chi connectivity index (χ2v) is 4.24. The van der Waals surface area contributed by atoms with Gasteiger partial charge in [-0.05, 0) is 19.8 Å². The van der Waals surface area contributed by atoms with Crippen LogP contribution in [0.15, 0.2) is 12.4 Å². The molecule has 0 radical (unpaired) electrons. The molecule has 1 aliphatic rings. The van der Waals surface area contributed by atoms with Crippen LogP contribution in [0.1, 0.15) is 31.4 Å². The van der Waals surface area contributed by atoms with Crippen LogP contribution in [0, 0.1) is 6.92 Å². The molecule has 4 heteroatoms. The normalized spacial score (nSPS) is 26.3. The highest BCUT2D eigenvalue weighted by atomic mass is 15.1. The Morgan fingerprint density at radius 3 is 2.87 bits per heavy atom. The Bertz CT molecular complexity index is 326. The molecule has 0 spiro atoms. The highest BCUT2D eigenvalue weighted by Gasteiger charge is 2.21. The highest BCUT2D eigenvalue weighted by molar-refractivity contribution is 5.36. The zero-order chi connectivity index (χ0) is 10.7. The van der Waals surface area contributed by atoms with Gasteiger partial charge in [0.25, 0.3) is 0 Å². The lowest BCUT2D eigenvalue weighted by Gasteiger charge is -2.29. The summed E-state index contributed by atoms with van der Waals surface area (Å²) in [6.45, 7) is 1.97. The molecule has 15 heavy (non-hydrogen) atoms. The van der Waals surface area contributed by atoms with Crippen LogP contribution in [0.4, 0.5) is 5.82 Å². The van der Waals surface area contributed by atoms with Gasteiger partial charge < -0.3 is 11.1 Å². The summed E-state index contributed by atoms with van der Waals surface area (Å²) in [6, 6.07) is 2.59. The summed E-state index contributed by atoms with van der Waals surface area (Å²) in [5, 5.41) is 3.40. The molecule has 2 rings (SSSR count). The van der Waals surface area contributed by atoms with Crippen LogP contribution in [0.25, 0.3) is 0 Å². The second kappa shape index (κ2) is 4.57. The van der Waals surface area contributed by atoms with Crippen molar-refractivity contribution in [1.82, 2.24) is 9.97 Å². The van der Waals surface area contributed by atoms with Gasteiger partial charge in [0.15, 0.2) is 0 Å². The van der Waals surface area contributed by atoms with Crippen molar-refractivity contribution in [2.24, 2.45) is 5.73 Å². The molecule has 3 N–H and O–H groups in total. The summed E-state index contributed by atoms with van der Waals surface area (Å²) in [6.07, 6.45) is 6.36. The van der Waals surface area contributed by atoms with Crippen molar-refractivity contribution in [3.63, 3.8) is 0 Å². The van der Waals surface area contributed by atoms with Crippen molar-refractivity contribution in [1.29, 1.82) is 0 Å². The molecule has 0 aliphatic heterocycles. The molecule has 0 aromatic carbocycles. The molecule has 1 saturated carbocycles. The lowest BCUT2D eigenvalue weighted by molar-refractivity contribution is 0.403. The zero-order valence-corrected chi connectivity index (χ0v) is 9.11. The van der Waals surface area contributed by atoms with E-state index in [1.807, 2.05) is 13.0 Å². The number of aromatic nitrogens is 2. The Kier molecular flexibility index (Phi) is 3.16. The summed E-state index contributed by atoms with van der Waals surface area (Å²) in [5.41, 5.74) is 7.04. The van der Waals surface area contributed by atoms with Crippen LogP contribution >= 0.6 is 0 Å². The number of hydrogen-bond acceptors (Lipinski definition) is 4. The topological polar surface area (TPSA) is 63.8 Å². The highest BCUT2D eigenvalue weighted by Crippen LogP contribution is 2.20. The van der Waals surface area contributed by atoms with Crippen LogP contribution in [-0.4, -0.2) is 22.1 Å². The average molecular weight is 206 g/mol. The number of aryl methyl sites for hydroxylation is 1. The molecule has 0 saturated heterocycles. The van der Waals surface area contributed by atoms with Gasteiger partial charge in [0.1, 0.15) is 12.1 Å². The van der Waals surface area contributed by atoms with Crippen LogP contribution in [0.5, 0.6) is 0 Å². The first-order valence-corrected chi connectivity index (χ1v) is 5.56. The molecule has 2 atom stereocenters. The van der Waals surface area contributed by atoms with Gasteiger partial charge >= 0.3 is 0 Å². The molecule has 0 amide bonds. The fourth-order valence-electron chi connectivity index (χ4n) is 2.06. The quantitative estimate of drug-likeness (QED) is 0.769. The molecule has 82 valence electrons. The van der Waals surface area contributed by atoms with Crippen molar-refractivity contribution < 1.29 is 0 Å². The molecule has 1 fully saturated rings. The number of nitrogens with zero attached hydrogens (tertiary/aromatic N) is 2. The Hall–Kier alpha value is -1.16. The summed E-state index contributed by atoms with van der Waals surface area (Å²) in [4.78, 5) is 8.26. The Morgan fingerprint density at radius 1 is 1.33 bits per heavy atom. The first-order chi connectivity index (χ1) is 7.25. The predicted octanol–water partition coefficient (Wildman–Crippen LogP) is 1.47. The Morgan fingerprint density at radius 2 is 2.13 bits per heavy atom. The number of nitrogens with one attached hydrogen (secondary N) is 1. The van der Waals surface area contributed by atoms with Gasteiger partial charge in [-0.15, -0.1) is 0 Å². The van der Waals surface area contributed by atoms with Crippen molar-refractivity contribution in [2.75, 3.05) is 5.32 Å². The Balaban J connectivity index is 2.01. The van der Waals surface area contributed by atoms with Gasteiger partial charge in [0, 0.05) is 23.8 Å². The van der Waals surface area contributed by atoms with Crippen molar-refractivity contribution >= 4 is 5.82 Å². The van der Waals surface area contributed by atoms with E-state index in [1.165, 1.54) is 12.8 Å². The average Bonchev–Trinajstić information content (AvgIpc) is 2.22. The Labute approximate surface area is 90.3 Å². The minimum absolute atomic E-state index is 0.258. The second-order valence-electron chi connectivity index (χ2n) is 4.24. The third kappa shape index (κ3) is 2.65. The summed E-state index contributed by atoms with van der Waals surface area (Å²) >= 11 is 0. The van der Waals surface area contributed by atoms with Crippen LogP contribution < -0.4 is 11.1 Å².